The van der Waals surface area contributed by atoms with Gasteiger partial charge in [-0.15, -0.1) is 11.3 Å². The lowest BCUT2D eigenvalue weighted by atomic mass is 9.92. The number of rotatable bonds is 5. The Kier molecular flexibility index (Phi) is 5.00. The maximum Gasteiger partial charge on any atom is 0.308 e. The highest BCUT2D eigenvalue weighted by atomic mass is 32.2. The third kappa shape index (κ3) is 3.61. The normalized spacial score (nSPS) is 24.1. The van der Waals surface area contributed by atoms with Crippen molar-refractivity contribution in [1.82, 2.24) is 9.29 Å². The van der Waals surface area contributed by atoms with E-state index in [1.54, 1.807) is 12.4 Å². The fourth-order valence-corrected chi connectivity index (χ4v) is 5.41. The number of hydrogen-bond acceptors (Lipinski definition) is 5. The summed E-state index contributed by atoms with van der Waals surface area (Å²) in [6.45, 7) is 3.96. The second kappa shape index (κ2) is 6.41. The highest BCUT2D eigenvalue weighted by Crippen LogP contribution is 2.27. The second-order valence-electron chi connectivity index (χ2n) is 5.37. The van der Waals surface area contributed by atoms with E-state index in [9.17, 15) is 18.3 Å². The van der Waals surface area contributed by atoms with Gasteiger partial charge in [-0.25, -0.2) is 13.4 Å². The van der Waals surface area contributed by atoms with Gasteiger partial charge in [0.2, 0.25) is 10.0 Å². The number of nitrogens with zero attached hydrogens (tertiary/aromatic N) is 2. The molecule has 1 aliphatic rings. The van der Waals surface area contributed by atoms with Gasteiger partial charge in [-0.1, -0.05) is 0 Å². The lowest BCUT2D eigenvalue weighted by Crippen LogP contribution is -2.49. The van der Waals surface area contributed by atoms with Gasteiger partial charge in [0.15, 0.2) is 0 Å². The van der Waals surface area contributed by atoms with E-state index in [1.165, 1.54) is 15.6 Å². The zero-order valence-electron chi connectivity index (χ0n) is 12.2. The first-order valence-corrected chi connectivity index (χ1v) is 9.43. The molecule has 6 nitrogen and oxygen atoms in total. The molecule has 2 atom stereocenters. The smallest absolute Gasteiger partial charge is 0.308 e. The van der Waals surface area contributed by atoms with Gasteiger partial charge < -0.3 is 5.11 Å². The van der Waals surface area contributed by atoms with Gasteiger partial charge in [-0.2, -0.15) is 4.31 Å². The molecule has 1 saturated heterocycles. The summed E-state index contributed by atoms with van der Waals surface area (Å²) in [6.07, 6.45) is 1.57. The Balaban J connectivity index is 2.08. The molecule has 0 unspecified atom stereocenters. The minimum absolute atomic E-state index is 0.00666. The molecule has 0 amide bonds. The molecule has 21 heavy (non-hydrogen) atoms. The Bertz CT molecular complexity index is 611. The van der Waals surface area contributed by atoms with Crippen LogP contribution in [0.15, 0.2) is 5.51 Å². The van der Waals surface area contributed by atoms with Crippen LogP contribution in [0, 0.1) is 12.8 Å². The number of aliphatic carboxylic acids is 1. The van der Waals surface area contributed by atoms with Crippen molar-refractivity contribution in [1.29, 1.82) is 0 Å². The quantitative estimate of drug-likeness (QED) is 0.883. The standard InChI is InChI=1S/C13H20N2O4S2/c1-9-12(20-8-14-9)5-7-21(18,19)15-6-3-4-11(10(15)2)13(16)17/h8,10-11H,3-7H2,1-2H3,(H,16,17)/t10-,11-/m1/s1. The minimum atomic E-state index is -3.44. The first kappa shape index (κ1) is 16.4. The summed E-state index contributed by atoms with van der Waals surface area (Å²) in [5, 5.41) is 9.18. The molecule has 0 saturated carbocycles. The summed E-state index contributed by atoms with van der Waals surface area (Å²) < 4.78 is 26.3. The van der Waals surface area contributed by atoms with Crippen LogP contribution >= 0.6 is 11.3 Å². The predicted molar refractivity (Wildman–Crippen MR) is 80.9 cm³/mol. The molecule has 1 aliphatic heterocycles. The third-order valence-electron chi connectivity index (χ3n) is 4.04. The van der Waals surface area contributed by atoms with Gasteiger partial charge in [0.1, 0.15) is 0 Å². The largest absolute Gasteiger partial charge is 0.481 e. The van der Waals surface area contributed by atoms with Crippen molar-refractivity contribution in [3.63, 3.8) is 0 Å². The summed E-state index contributed by atoms with van der Waals surface area (Å²) >= 11 is 1.45. The molecule has 1 aromatic heterocycles. The van der Waals surface area contributed by atoms with Crippen LogP contribution in [0.25, 0.3) is 0 Å². The van der Waals surface area contributed by atoms with E-state index in [0.29, 0.717) is 25.8 Å². The predicted octanol–water partition coefficient (Wildman–Crippen LogP) is 1.51. The number of aromatic nitrogens is 1. The zero-order valence-corrected chi connectivity index (χ0v) is 13.8. The molecule has 0 bridgehead atoms. The Labute approximate surface area is 128 Å². The molecule has 1 fully saturated rings. The van der Waals surface area contributed by atoms with Crippen LogP contribution in [0.2, 0.25) is 0 Å². The Morgan fingerprint density at radius 3 is 2.86 bits per heavy atom. The van der Waals surface area contributed by atoms with Crippen molar-refractivity contribution < 1.29 is 18.3 Å². The number of thiazole rings is 1. The maximum atomic E-state index is 12.5. The molecule has 0 radical (unpaired) electrons. The summed E-state index contributed by atoms with van der Waals surface area (Å²) in [5.74, 6) is -1.52. The molecule has 1 aromatic rings. The van der Waals surface area contributed by atoms with Gasteiger partial charge >= 0.3 is 5.97 Å². The molecule has 118 valence electrons. The molecule has 2 heterocycles. The number of carboxylic acid groups (broad SMARTS) is 1. The maximum absolute atomic E-state index is 12.5. The Hall–Kier alpha value is -0.990. The lowest BCUT2D eigenvalue weighted by Gasteiger charge is -2.36. The van der Waals surface area contributed by atoms with E-state index in [0.717, 1.165) is 10.6 Å². The average molecular weight is 332 g/mol. The molecule has 1 N–H and O–H groups in total. The molecular weight excluding hydrogens is 312 g/mol. The van der Waals surface area contributed by atoms with Crippen molar-refractivity contribution in [2.24, 2.45) is 5.92 Å². The van der Waals surface area contributed by atoms with E-state index in [2.05, 4.69) is 4.98 Å². The Morgan fingerprint density at radius 1 is 1.57 bits per heavy atom. The summed E-state index contributed by atoms with van der Waals surface area (Å²) in [4.78, 5) is 16.3. The van der Waals surface area contributed by atoms with E-state index in [-0.39, 0.29) is 5.75 Å². The van der Waals surface area contributed by atoms with Gasteiger partial charge in [-0.3, -0.25) is 4.79 Å². The Morgan fingerprint density at radius 2 is 2.29 bits per heavy atom. The van der Waals surface area contributed by atoms with E-state index < -0.39 is 28.0 Å². The summed E-state index contributed by atoms with van der Waals surface area (Å²) in [5.41, 5.74) is 2.58. The first-order valence-electron chi connectivity index (χ1n) is 6.94. The lowest BCUT2D eigenvalue weighted by molar-refractivity contribution is -0.144. The average Bonchev–Trinajstić information content (AvgIpc) is 2.82. The molecule has 0 aliphatic carbocycles. The van der Waals surface area contributed by atoms with Crippen LogP contribution < -0.4 is 0 Å². The highest BCUT2D eigenvalue weighted by Gasteiger charge is 2.38. The van der Waals surface area contributed by atoms with Crippen molar-refractivity contribution in [2.45, 2.75) is 39.2 Å². The van der Waals surface area contributed by atoms with Crippen LogP contribution in [0.3, 0.4) is 0 Å². The van der Waals surface area contributed by atoms with Gasteiger partial charge in [-0.05, 0) is 33.1 Å². The van der Waals surface area contributed by atoms with E-state index >= 15 is 0 Å². The monoisotopic (exact) mass is 332 g/mol. The number of carboxylic acids is 1. The zero-order chi connectivity index (χ0) is 15.6. The minimum Gasteiger partial charge on any atom is -0.481 e. The van der Waals surface area contributed by atoms with Gasteiger partial charge in [0.05, 0.1) is 22.9 Å². The number of carbonyl (C=O) groups is 1. The second-order valence-corrected chi connectivity index (χ2v) is 8.35. The van der Waals surface area contributed by atoms with Crippen LogP contribution in [0.1, 0.15) is 30.3 Å². The van der Waals surface area contributed by atoms with E-state index in [4.69, 9.17) is 0 Å². The van der Waals surface area contributed by atoms with Crippen LogP contribution in [-0.4, -0.2) is 47.1 Å². The van der Waals surface area contributed by atoms with E-state index in [1.807, 2.05) is 6.92 Å². The number of hydrogen-bond donors (Lipinski definition) is 1. The highest BCUT2D eigenvalue weighted by molar-refractivity contribution is 7.89. The number of aryl methyl sites for hydroxylation is 2. The van der Waals surface area contributed by atoms with Crippen LogP contribution in [0.4, 0.5) is 0 Å². The molecular formula is C13H20N2O4S2. The molecule has 0 aromatic carbocycles. The van der Waals surface area contributed by atoms with Gasteiger partial charge in [0, 0.05) is 17.5 Å². The van der Waals surface area contributed by atoms with Crippen LogP contribution in [-0.2, 0) is 21.2 Å². The summed E-state index contributed by atoms with van der Waals surface area (Å²) in [6, 6.07) is -0.483. The molecule has 8 heteroatoms. The fourth-order valence-electron chi connectivity index (χ4n) is 2.74. The first-order chi connectivity index (χ1) is 9.83. The summed E-state index contributed by atoms with van der Waals surface area (Å²) in [7, 11) is -3.44. The van der Waals surface area contributed by atoms with Crippen LogP contribution in [0.5, 0.6) is 0 Å². The fraction of sp³-hybridized carbons (Fsp3) is 0.692. The third-order valence-corrected chi connectivity index (χ3v) is 6.98. The molecule has 2 rings (SSSR count). The van der Waals surface area contributed by atoms with Gasteiger partial charge in [0.25, 0.3) is 0 Å². The molecule has 0 spiro atoms. The number of sulfonamides is 1. The number of piperidine rings is 1. The van der Waals surface area contributed by atoms with Crippen molar-refractivity contribution in [2.75, 3.05) is 12.3 Å². The van der Waals surface area contributed by atoms with Crippen molar-refractivity contribution in [3.05, 3.63) is 16.1 Å². The van der Waals surface area contributed by atoms with Crippen molar-refractivity contribution in [3.8, 4) is 0 Å². The van der Waals surface area contributed by atoms with Crippen molar-refractivity contribution >= 4 is 27.3 Å². The SMILES string of the molecule is Cc1ncsc1CCS(=O)(=O)N1CCC[C@@H](C(=O)O)[C@H]1C. The topological polar surface area (TPSA) is 87.6 Å².